The molecule has 120 valence electrons. The van der Waals surface area contributed by atoms with Crippen molar-refractivity contribution in [2.45, 2.75) is 0 Å². The molecule has 0 atom stereocenters. The molecular formula is C17H20N4O2. The van der Waals surface area contributed by atoms with Gasteiger partial charge in [0.2, 0.25) is 0 Å². The lowest BCUT2D eigenvalue weighted by molar-refractivity contribution is -0.131. The summed E-state index contributed by atoms with van der Waals surface area (Å²) in [6.07, 6.45) is 6.11. The van der Waals surface area contributed by atoms with Gasteiger partial charge in [-0.1, -0.05) is 18.2 Å². The van der Waals surface area contributed by atoms with Crippen LogP contribution >= 0.6 is 0 Å². The van der Waals surface area contributed by atoms with Gasteiger partial charge in [-0.05, 0) is 24.8 Å². The van der Waals surface area contributed by atoms with E-state index < -0.39 is 5.97 Å². The van der Waals surface area contributed by atoms with Gasteiger partial charge in [0.15, 0.2) is 0 Å². The average Bonchev–Trinajstić information content (AvgIpc) is 2.58. The highest BCUT2D eigenvalue weighted by atomic mass is 16.4. The van der Waals surface area contributed by atoms with Crippen LogP contribution in [-0.4, -0.2) is 48.2 Å². The van der Waals surface area contributed by atoms with E-state index in [-0.39, 0.29) is 0 Å². The van der Waals surface area contributed by atoms with Gasteiger partial charge in [0, 0.05) is 31.8 Å². The van der Waals surface area contributed by atoms with Crippen LogP contribution in [0.4, 0.5) is 5.82 Å². The molecule has 0 aliphatic carbocycles. The summed E-state index contributed by atoms with van der Waals surface area (Å²) in [4.78, 5) is 21.5. The Morgan fingerprint density at radius 1 is 1.39 bits per heavy atom. The number of likely N-dealkylation sites (N-methyl/N-ethyl adjacent to an activating group) is 2. The third kappa shape index (κ3) is 4.89. The van der Waals surface area contributed by atoms with Gasteiger partial charge in [-0.25, -0.2) is 9.78 Å². The fourth-order valence-corrected chi connectivity index (χ4v) is 2.04. The van der Waals surface area contributed by atoms with Gasteiger partial charge in [0.25, 0.3) is 0 Å². The van der Waals surface area contributed by atoms with Crippen molar-refractivity contribution >= 4 is 17.9 Å². The number of aliphatic carboxylic acids is 1. The molecule has 6 nitrogen and oxygen atoms in total. The number of nitrogens with one attached hydrogen (secondary N) is 1. The van der Waals surface area contributed by atoms with Gasteiger partial charge >= 0.3 is 5.97 Å². The van der Waals surface area contributed by atoms with Crippen LogP contribution in [0.2, 0.25) is 0 Å². The van der Waals surface area contributed by atoms with Crippen molar-refractivity contribution in [2.24, 2.45) is 0 Å². The highest BCUT2D eigenvalue weighted by Crippen LogP contribution is 2.20. The summed E-state index contributed by atoms with van der Waals surface area (Å²) < 4.78 is 0. The van der Waals surface area contributed by atoms with Crippen molar-refractivity contribution in [1.29, 1.82) is 0 Å². The first-order chi connectivity index (χ1) is 11.1. The minimum absolute atomic E-state index is 0.754. The van der Waals surface area contributed by atoms with E-state index in [0.29, 0.717) is 0 Å². The maximum atomic E-state index is 10.6. The van der Waals surface area contributed by atoms with Crippen LogP contribution in [0, 0.1) is 0 Å². The van der Waals surface area contributed by atoms with Crippen LogP contribution in [0.25, 0.3) is 17.3 Å². The summed E-state index contributed by atoms with van der Waals surface area (Å²) >= 11 is 0. The van der Waals surface area contributed by atoms with Crippen molar-refractivity contribution < 1.29 is 9.90 Å². The Kier molecular flexibility index (Phi) is 5.82. The smallest absolute Gasteiger partial charge is 0.328 e. The second-order valence-corrected chi connectivity index (χ2v) is 5.08. The number of rotatable bonds is 7. The van der Waals surface area contributed by atoms with Gasteiger partial charge in [-0.3, -0.25) is 4.98 Å². The Morgan fingerprint density at radius 3 is 2.96 bits per heavy atom. The predicted octanol–water partition coefficient (Wildman–Crippen LogP) is 1.90. The Labute approximate surface area is 135 Å². The molecule has 0 fully saturated rings. The number of carboxylic acid groups (broad SMARTS) is 1. The number of aromatic nitrogens is 2. The van der Waals surface area contributed by atoms with E-state index in [1.165, 1.54) is 0 Å². The number of anilines is 1. The van der Waals surface area contributed by atoms with E-state index >= 15 is 0 Å². The molecule has 0 saturated heterocycles. The van der Waals surface area contributed by atoms with E-state index in [4.69, 9.17) is 5.11 Å². The maximum Gasteiger partial charge on any atom is 0.328 e. The van der Waals surface area contributed by atoms with Gasteiger partial charge in [0.05, 0.1) is 18.1 Å². The Bertz CT molecular complexity index is 700. The van der Waals surface area contributed by atoms with Crippen LogP contribution in [0.1, 0.15) is 5.56 Å². The zero-order valence-electron chi connectivity index (χ0n) is 13.2. The van der Waals surface area contributed by atoms with E-state index in [0.717, 1.165) is 41.8 Å². The Morgan fingerprint density at radius 2 is 2.22 bits per heavy atom. The number of hydrogen-bond donors (Lipinski definition) is 2. The highest BCUT2D eigenvalue weighted by Gasteiger charge is 2.06. The van der Waals surface area contributed by atoms with Crippen molar-refractivity contribution in [3.63, 3.8) is 0 Å². The molecule has 2 N–H and O–H groups in total. The molecule has 6 heteroatoms. The molecule has 0 amide bonds. The molecule has 0 saturated carbocycles. The molecule has 0 aliphatic rings. The summed E-state index contributed by atoms with van der Waals surface area (Å²) in [7, 11) is 3.88. The predicted molar refractivity (Wildman–Crippen MR) is 91.3 cm³/mol. The lowest BCUT2D eigenvalue weighted by atomic mass is 10.1. The summed E-state index contributed by atoms with van der Waals surface area (Å²) in [5.41, 5.74) is 2.46. The number of carboxylic acids is 1. The largest absolute Gasteiger partial charge is 0.478 e. The number of nitrogens with zero attached hydrogens (tertiary/aromatic N) is 3. The fourth-order valence-electron chi connectivity index (χ4n) is 2.04. The zero-order chi connectivity index (χ0) is 16.7. The molecule has 1 aromatic heterocycles. The standard InChI is InChI=1S/C17H20N4O2/c1-18-8-9-21(2)16-12-19-11-15(20-16)14-5-3-4-13(10-14)6-7-17(22)23/h3-7,10-12,18H,8-9H2,1-2H3,(H,22,23). The molecule has 2 rings (SSSR count). The minimum atomic E-state index is -0.969. The Hall–Kier alpha value is -2.73. The summed E-state index contributed by atoms with van der Waals surface area (Å²) in [5.74, 6) is -0.174. The van der Waals surface area contributed by atoms with E-state index in [2.05, 4.69) is 15.3 Å². The van der Waals surface area contributed by atoms with Crippen molar-refractivity contribution in [3.05, 3.63) is 48.3 Å². The van der Waals surface area contributed by atoms with Crippen LogP contribution in [0.3, 0.4) is 0 Å². The topological polar surface area (TPSA) is 78.4 Å². The molecule has 0 bridgehead atoms. The number of carbonyl (C=O) groups is 1. The molecule has 1 aromatic carbocycles. The molecule has 0 unspecified atom stereocenters. The second-order valence-electron chi connectivity index (χ2n) is 5.08. The normalized spacial score (nSPS) is 10.9. The highest BCUT2D eigenvalue weighted by molar-refractivity contribution is 5.85. The minimum Gasteiger partial charge on any atom is -0.478 e. The van der Waals surface area contributed by atoms with E-state index in [1.807, 2.05) is 43.3 Å². The molecular weight excluding hydrogens is 292 g/mol. The lowest BCUT2D eigenvalue weighted by Crippen LogP contribution is -2.27. The van der Waals surface area contributed by atoms with Crippen LogP contribution < -0.4 is 10.2 Å². The van der Waals surface area contributed by atoms with Gasteiger partial charge in [-0.2, -0.15) is 0 Å². The van der Waals surface area contributed by atoms with Crippen molar-refractivity contribution in [2.75, 3.05) is 32.1 Å². The maximum absolute atomic E-state index is 10.6. The summed E-state index contributed by atoms with van der Waals surface area (Å²) in [6, 6.07) is 7.54. The van der Waals surface area contributed by atoms with Gasteiger partial charge < -0.3 is 15.3 Å². The first kappa shape index (κ1) is 16.6. The molecule has 0 radical (unpaired) electrons. The third-order valence-corrected chi connectivity index (χ3v) is 3.31. The first-order valence-corrected chi connectivity index (χ1v) is 7.29. The monoisotopic (exact) mass is 312 g/mol. The molecule has 0 spiro atoms. The molecule has 1 heterocycles. The third-order valence-electron chi connectivity index (χ3n) is 3.31. The SMILES string of the molecule is CNCCN(C)c1cncc(-c2cccc(C=CC(=O)O)c2)n1. The zero-order valence-corrected chi connectivity index (χ0v) is 13.2. The fraction of sp³-hybridized carbons (Fsp3) is 0.235. The van der Waals surface area contributed by atoms with Gasteiger partial charge in [0.1, 0.15) is 5.82 Å². The molecule has 23 heavy (non-hydrogen) atoms. The molecule has 2 aromatic rings. The van der Waals surface area contributed by atoms with E-state index in [1.54, 1.807) is 18.5 Å². The van der Waals surface area contributed by atoms with E-state index in [9.17, 15) is 4.79 Å². The Balaban J connectivity index is 2.25. The van der Waals surface area contributed by atoms with Crippen LogP contribution in [-0.2, 0) is 4.79 Å². The number of hydrogen-bond acceptors (Lipinski definition) is 5. The van der Waals surface area contributed by atoms with Crippen LogP contribution in [0.5, 0.6) is 0 Å². The quantitative estimate of drug-likeness (QED) is 0.760. The van der Waals surface area contributed by atoms with Crippen LogP contribution in [0.15, 0.2) is 42.7 Å². The summed E-state index contributed by atoms with van der Waals surface area (Å²) in [5, 5.41) is 11.8. The second kappa shape index (κ2) is 8.05. The number of benzene rings is 1. The average molecular weight is 312 g/mol. The lowest BCUT2D eigenvalue weighted by Gasteiger charge is -2.18. The van der Waals surface area contributed by atoms with Gasteiger partial charge in [-0.15, -0.1) is 0 Å². The molecule has 0 aliphatic heterocycles. The van der Waals surface area contributed by atoms with Crippen molar-refractivity contribution in [3.8, 4) is 11.3 Å². The van der Waals surface area contributed by atoms with Crippen molar-refractivity contribution in [1.82, 2.24) is 15.3 Å². The first-order valence-electron chi connectivity index (χ1n) is 7.29. The summed E-state index contributed by atoms with van der Waals surface area (Å²) in [6.45, 7) is 1.69.